The molecule has 0 aromatic heterocycles. The Morgan fingerprint density at radius 1 is 1.20 bits per heavy atom. The second kappa shape index (κ2) is 7.61. The zero-order chi connectivity index (χ0) is 15.2. The van der Waals surface area contributed by atoms with E-state index in [0.29, 0.717) is 12.2 Å². The van der Waals surface area contributed by atoms with Gasteiger partial charge in [-0.15, -0.1) is 0 Å². The first-order valence-electron chi connectivity index (χ1n) is 6.94. The summed E-state index contributed by atoms with van der Waals surface area (Å²) in [5.74, 6) is 0.270. The predicted molar refractivity (Wildman–Crippen MR) is 83.9 cm³/mol. The molecule has 5 nitrogen and oxygen atoms in total. The van der Waals surface area contributed by atoms with Gasteiger partial charge in [0.15, 0.2) is 0 Å². The van der Waals surface area contributed by atoms with Crippen LogP contribution in [-0.4, -0.2) is 21.5 Å². The summed E-state index contributed by atoms with van der Waals surface area (Å²) in [6, 6.07) is 7.61. The molecule has 0 fully saturated rings. The molecule has 0 radical (unpaired) electrons. The molecule has 1 rings (SSSR count). The van der Waals surface area contributed by atoms with Crippen molar-refractivity contribution in [2.24, 2.45) is 5.92 Å². The SMILES string of the molecule is CCNC(C)c1cccc(NS(=O)(=O)NCC(C)C)c1. The third kappa shape index (κ3) is 5.90. The van der Waals surface area contributed by atoms with Crippen molar-refractivity contribution < 1.29 is 8.42 Å². The van der Waals surface area contributed by atoms with Gasteiger partial charge in [-0.2, -0.15) is 13.1 Å². The number of rotatable bonds is 8. The Balaban J connectivity index is 2.75. The summed E-state index contributed by atoms with van der Waals surface area (Å²) < 4.78 is 28.8. The Hall–Kier alpha value is -1.11. The molecule has 0 saturated heterocycles. The molecule has 0 aliphatic carbocycles. The maximum atomic E-state index is 11.9. The van der Waals surface area contributed by atoms with E-state index in [1.165, 1.54) is 0 Å². The van der Waals surface area contributed by atoms with Crippen molar-refractivity contribution in [3.8, 4) is 0 Å². The number of benzene rings is 1. The number of nitrogens with one attached hydrogen (secondary N) is 3. The van der Waals surface area contributed by atoms with Crippen molar-refractivity contribution in [3.63, 3.8) is 0 Å². The van der Waals surface area contributed by atoms with E-state index in [9.17, 15) is 8.42 Å². The van der Waals surface area contributed by atoms with Gasteiger partial charge < -0.3 is 5.32 Å². The molecule has 1 unspecified atom stereocenters. The van der Waals surface area contributed by atoms with Crippen molar-refractivity contribution in [2.45, 2.75) is 33.7 Å². The van der Waals surface area contributed by atoms with Crippen LogP contribution in [0.15, 0.2) is 24.3 Å². The Bertz CT molecular complexity index is 515. The molecule has 114 valence electrons. The van der Waals surface area contributed by atoms with Crippen LogP contribution in [0.4, 0.5) is 5.69 Å². The lowest BCUT2D eigenvalue weighted by Gasteiger charge is -2.15. The summed E-state index contributed by atoms with van der Waals surface area (Å²) >= 11 is 0. The van der Waals surface area contributed by atoms with E-state index in [2.05, 4.69) is 14.8 Å². The van der Waals surface area contributed by atoms with Crippen LogP contribution in [0.5, 0.6) is 0 Å². The fourth-order valence-corrected chi connectivity index (χ4v) is 2.83. The van der Waals surface area contributed by atoms with Crippen LogP contribution >= 0.6 is 0 Å². The van der Waals surface area contributed by atoms with Crippen molar-refractivity contribution in [1.82, 2.24) is 10.0 Å². The summed E-state index contributed by atoms with van der Waals surface area (Å²) in [5, 5.41) is 3.30. The molecule has 20 heavy (non-hydrogen) atoms. The molecular weight excluding hydrogens is 274 g/mol. The third-order valence-electron chi connectivity index (χ3n) is 2.83. The van der Waals surface area contributed by atoms with Gasteiger partial charge >= 0.3 is 0 Å². The first-order valence-corrected chi connectivity index (χ1v) is 8.43. The van der Waals surface area contributed by atoms with Crippen molar-refractivity contribution in [2.75, 3.05) is 17.8 Å². The monoisotopic (exact) mass is 299 g/mol. The second-order valence-corrected chi connectivity index (χ2v) is 6.75. The van der Waals surface area contributed by atoms with Crippen molar-refractivity contribution >= 4 is 15.9 Å². The zero-order valence-corrected chi connectivity index (χ0v) is 13.4. The van der Waals surface area contributed by atoms with Crippen LogP contribution in [0.25, 0.3) is 0 Å². The summed E-state index contributed by atoms with van der Waals surface area (Å²) in [6.07, 6.45) is 0. The second-order valence-electron chi connectivity index (χ2n) is 5.25. The van der Waals surface area contributed by atoms with E-state index in [-0.39, 0.29) is 12.0 Å². The van der Waals surface area contributed by atoms with Crippen LogP contribution in [0.2, 0.25) is 0 Å². The summed E-state index contributed by atoms with van der Waals surface area (Å²) in [6.45, 7) is 9.30. The smallest absolute Gasteiger partial charge is 0.299 e. The summed E-state index contributed by atoms with van der Waals surface area (Å²) in [5.41, 5.74) is 1.62. The Kier molecular flexibility index (Phi) is 6.45. The highest BCUT2D eigenvalue weighted by Crippen LogP contribution is 2.17. The van der Waals surface area contributed by atoms with Crippen LogP contribution < -0.4 is 14.8 Å². The van der Waals surface area contributed by atoms with E-state index in [1.807, 2.05) is 45.9 Å². The molecule has 1 aromatic carbocycles. The lowest BCUT2D eigenvalue weighted by atomic mass is 10.1. The van der Waals surface area contributed by atoms with Gasteiger partial charge in [-0.05, 0) is 37.1 Å². The zero-order valence-electron chi connectivity index (χ0n) is 12.6. The van der Waals surface area contributed by atoms with Gasteiger partial charge in [-0.1, -0.05) is 32.9 Å². The van der Waals surface area contributed by atoms with E-state index in [0.717, 1.165) is 12.1 Å². The Morgan fingerprint density at radius 3 is 2.50 bits per heavy atom. The van der Waals surface area contributed by atoms with Crippen molar-refractivity contribution in [1.29, 1.82) is 0 Å². The third-order valence-corrected chi connectivity index (χ3v) is 3.88. The normalized spacial score (nSPS) is 13.4. The first-order chi connectivity index (χ1) is 9.34. The largest absolute Gasteiger partial charge is 0.310 e. The molecule has 0 heterocycles. The minimum atomic E-state index is -3.50. The fraction of sp³-hybridized carbons (Fsp3) is 0.571. The number of hydrogen-bond donors (Lipinski definition) is 3. The van der Waals surface area contributed by atoms with Gasteiger partial charge in [0.05, 0.1) is 5.69 Å². The summed E-state index contributed by atoms with van der Waals surface area (Å²) in [7, 11) is -3.50. The quantitative estimate of drug-likeness (QED) is 0.689. The topological polar surface area (TPSA) is 70.2 Å². The molecule has 0 bridgehead atoms. The Labute approximate surface area is 122 Å². The highest BCUT2D eigenvalue weighted by atomic mass is 32.2. The minimum Gasteiger partial charge on any atom is -0.310 e. The van der Waals surface area contributed by atoms with Crippen LogP contribution in [-0.2, 0) is 10.2 Å². The molecular formula is C14H25N3O2S. The molecule has 0 aliphatic heterocycles. The molecule has 3 N–H and O–H groups in total. The van der Waals surface area contributed by atoms with E-state index >= 15 is 0 Å². The van der Waals surface area contributed by atoms with Crippen LogP contribution in [0, 0.1) is 5.92 Å². The predicted octanol–water partition coefficient (Wildman–Crippen LogP) is 2.26. The van der Waals surface area contributed by atoms with Gasteiger partial charge in [0.25, 0.3) is 10.2 Å². The van der Waals surface area contributed by atoms with E-state index in [4.69, 9.17) is 0 Å². The van der Waals surface area contributed by atoms with Gasteiger partial charge in [0.2, 0.25) is 0 Å². The Morgan fingerprint density at radius 2 is 1.90 bits per heavy atom. The van der Waals surface area contributed by atoms with Crippen molar-refractivity contribution in [3.05, 3.63) is 29.8 Å². The van der Waals surface area contributed by atoms with Crippen LogP contribution in [0.3, 0.4) is 0 Å². The number of anilines is 1. The van der Waals surface area contributed by atoms with Crippen LogP contribution in [0.1, 0.15) is 39.3 Å². The highest BCUT2D eigenvalue weighted by molar-refractivity contribution is 7.90. The minimum absolute atomic E-state index is 0.188. The molecule has 0 saturated carbocycles. The molecule has 1 aromatic rings. The summed E-state index contributed by atoms with van der Waals surface area (Å²) in [4.78, 5) is 0. The molecule has 0 spiro atoms. The standard InChI is InChI=1S/C14H25N3O2S/c1-5-15-12(4)13-7-6-8-14(9-13)17-20(18,19)16-10-11(2)3/h6-9,11-12,15-17H,5,10H2,1-4H3. The average molecular weight is 299 g/mol. The number of hydrogen-bond acceptors (Lipinski definition) is 3. The maximum absolute atomic E-state index is 11.9. The fourth-order valence-electron chi connectivity index (χ4n) is 1.76. The molecule has 1 atom stereocenters. The van der Waals surface area contributed by atoms with E-state index < -0.39 is 10.2 Å². The van der Waals surface area contributed by atoms with Gasteiger partial charge in [0.1, 0.15) is 0 Å². The average Bonchev–Trinajstić information content (AvgIpc) is 2.37. The lowest BCUT2D eigenvalue weighted by Crippen LogP contribution is -2.32. The van der Waals surface area contributed by atoms with Gasteiger partial charge in [-0.3, -0.25) is 4.72 Å². The first kappa shape index (κ1) is 16.9. The molecule has 6 heteroatoms. The van der Waals surface area contributed by atoms with E-state index in [1.54, 1.807) is 6.07 Å². The van der Waals surface area contributed by atoms with Gasteiger partial charge in [-0.25, -0.2) is 0 Å². The lowest BCUT2D eigenvalue weighted by molar-refractivity contribution is 0.565. The van der Waals surface area contributed by atoms with Gasteiger partial charge in [0, 0.05) is 12.6 Å². The molecule has 0 aliphatic rings. The highest BCUT2D eigenvalue weighted by Gasteiger charge is 2.11. The molecule has 0 amide bonds. The maximum Gasteiger partial charge on any atom is 0.299 e.